The van der Waals surface area contributed by atoms with E-state index in [1.54, 1.807) is 24.3 Å². The van der Waals surface area contributed by atoms with Gasteiger partial charge >= 0.3 is 5.97 Å². The molecule has 7 nitrogen and oxygen atoms in total. The summed E-state index contributed by atoms with van der Waals surface area (Å²) in [5, 5.41) is 9.53. The minimum atomic E-state index is -0.538. The molecule has 2 aromatic heterocycles. The fourth-order valence-electron chi connectivity index (χ4n) is 2.09. The highest BCUT2D eigenvalue weighted by molar-refractivity contribution is 7.98. The highest BCUT2D eigenvalue weighted by atomic mass is 35.5. The van der Waals surface area contributed by atoms with Crippen molar-refractivity contribution in [3.63, 3.8) is 0 Å². The summed E-state index contributed by atoms with van der Waals surface area (Å²) < 4.78 is 11.1. The summed E-state index contributed by atoms with van der Waals surface area (Å²) in [5.41, 5.74) is 1.29. The molecule has 0 fully saturated rings. The quantitative estimate of drug-likeness (QED) is 0.398. The molecule has 0 radical (unpaired) electrons. The first kappa shape index (κ1) is 17.7. The Morgan fingerprint density at radius 3 is 2.88 bits per heavy atom. The predicted octanol–water partition coefficient (Wildman–Crippen LogP) is 3.64. The number of hydrogen-bond acceptors (Lipinski definition) is 7. The standard InChI is InChI=1S/C15H12Cl2N4O3S/c1-23-14(22)12-8(4-5-24-12)7-25-15-20-19-13(21(15)18)10-3-2-9(16)6-11(10)17/h2-6H,7,18H2,1H3. The number of methoxy groups -OCH3 is 1. The van der Waals surface area contributed by atoms with Crippen LogP contribution in [0.25, 0.3) is 11.4 Å². The molecule has 0 bridgehead atoms. The molecule has 1 aromatic carbocycles. The number of esters is 1. The number of thioether (sulfide) groups is 1. The number of halogens is 2. The smallest absolute Gasteiger partial charge is 0.374 e. The molecule has 0 aliphatic heterocycles. The number of nitrogens with zero attached hydrogens (tertiary/aromatic N) is 3. The Morgan fingerprint density at radius 2 is 2.16 bits per heavy atom. The first-order valence-electron chi connectivity index (χ1n) is 6.94. The summed E-state index contributed by atoms with van der Waals surface area (Å²) in [6.07, 6.45) is 1.42. The zero-order valence-corrected chi connectivity index (χ0v) is 15.2. The number of nitrogens with two attached hydrogens (primary N) is 1. The van der Waals surface area contributed by atoms with Gasteiger partial charge < -0.3 is 15.0 Å². The van der Waals surface area contributed by atoms with Gasteiger partial charge in [-0.2, -0.15) is 0 Å². The fraction of sp³-hybridized carbons (Fsp3) is 0.133. The van der Waals surface area contributed by atoms with Gasteiger partial charge in [0, 0.05) is 21.9 Å². The average molecular weight is 399 g/mol. The maximum absolute atomic E-state index is 11.6. The van der Waals surface area contributed by atoms with Crippen molar-refractivity contribution in [2.24, 2.45) is 0 Å². The van der Waals surface area contributed by atoms with Gasteiger partial charge in [0.05, 0.1) is 18.4 Å². The van der Waals surface area contributed by atoms with Gasteiger partial charge in [-0.3, -0.25) is 0 Å². The van der Waals surface area contributed by atoms with Crippen molar-refractivity contribution in [2.75, 3.05) is 13.0 Å². The Balaban J connectivity index is 1.81. The molecule has 0 atom stereocenters. The number of carbonyl (C=O) groups is 1. The van der Waals surface area contributed by atoms with Crippen LogP contribution in [0.5, 0.6) is 0 Å². The van der Waals surface area contributed by atoms with E-state index in [1.165, 1.54) is 29.8 Å². The number of ether oxygens (including phenoxy) is 1. The average Bonchev–Trinajstić information content (AvgIpc) is 3.19. The van der Waals surface area contributed by atoms with E-state index in [4.69, 9.17) is 33.5 Å². The van der Waals surface area contributed by atoms with Crippen LogP contribution in [0.2, 0.25) is 10.0 Å². The van der Waals surface area contributed by atoms with Crippen molar-refractivity contribution in [1.29, 1.82) is 0 Å². The molecule has 10 heteroatoms. The van der Waals surface area contributed by atoms with Gasteiger partial charge in [-0.1, -0.05) is 35.0 Å². The summed E-state index contributed by atoms with van der Waals surface area (Å²) in [7, 11) is 1.29. The van der Waals surface area contributed by atoms with E-state index >= 15 is 0 Å². The zero-order chi connectivity index (χ0) is 18.0. The first-order valence-corrected chi connectivity index (χ1v) is 8.68. The van der Waals surface area contributed by atoms with Gasteiger partial charge in [0.1, 0.15) is 0 Å². The lowest BCUT2D eigenvalue weighted by molar-refractivity contribution is 0.0564. The highest BCUT2D eigenvalue weighted by Gasteiger charge is 2.19. The lowest BCUT2D eigenvalue weighted by Crippen LogP contribution is -2.12. The van der Waals surface area contributed by atoms with Gasteiger partial charge in [-0.05, 0) is 24.3 Å². The van der Waals surface area contributed by atoms with E-state index in [-0.39, 0.29) is 5.76 Å². The molecule has 130 valence electrons. The van der Waals surface area contributed by atoms with Crippen LogP contribution in [0, 0.1) is 0 Å². The van der Waals surface area contributed by atoms with Gasteiger partial charge in [-0.15, -0.1) is 10.2 Å². The van der Waals surface area contributed by atoms with Crippen LogP contribution in [0.4, 0.5) is 0 Å². The van der Waals surface area contributed by atoms with E-state index in [0.29, 0.717) is 37.9 Å². The van der Waals surface area contributed by atoms with E-state index in [1.807, 2.05) is 0 Å². The summed E-state index contributed by atoms with van der Waals surface area (Å²) in [6, 6.07) is 6.71. The van der Waals surface area contributed by atoms with Crippen molar-refractivity contribution in [3.8, 4) is 11.4 Å². The maximum Gasteiger partial charge on any atom is 0.374 e. The maximum atomic E-state index is 11.6. The SMILES string of the molecule is COC(=O)c1occc1CSc1nnc(-c2ccc(Cl)cc2Cl)n1N. The van der Waals surface area contributed by atoms with Gasteiger partial charge in [0.2, 0.25) is 10.9 Å². The monoisotopic (exact) mass is 398 g/mol. The Hall–Kier alpha value is -2.16. The van der Waals surface area contributed by atoms with Crippen LogP contribution >= 0.6 is 35.0 Å². The summed E-state index contributed by atoms with van der Waals surface area (Å²) in [5.74, 6) is 6.50. The molecule has 0 aliphatic carbocycles. The second-order valence-corrected chi connectivity index (χ2v) is 6.64. The molecule has 0 amide bonds. The molecule has 0 saturated carbocycles. The molecule has 3 aromatic rings. The lowest BCUT2D eigenvalue weighted by Gasteiger charge is -2.05. The van der Waals surface area contributed by atoms with Crippen LogP contribution in [-0.2, 0) is 10.5 Å². The summed E-state index contributed by atoms with van der Waals surface area (Å²) in [6.45, 7) is 0. The van der Waals surface area contributed by atoms with Crippen LogP contribution in [0.3, 0.4) is 0 Å². The molecule has 2 N–H and O–H groups in total. The van der Waals surface area contributed by atoms with Crippen molar-refractivity contribution in [2.45, 2.75) is 10.9 Å². The predicted molar refractivity (Wildman–Crippen MR) is 95.2 cm³/mol. The molecule has 3 rings (SSSR count). The van der Waals surface area contributed by atoms with Crippen LogP contribution in [0.15, 0.2) is 40.1 Å². The highest BCUT2D eigenvalue weighted by Crippen LogP contribution is 2.31. The van der Waals surface area contributed by atoms with Crippen molar-refractivity contribution in [1.82, 2.24) is 14.9 Å². The van der Waals surface area contributed by atoms with E-state index in [9.17, 15) is 4.79 Å². The van der Waals surface area contributed by atoms with Crippen LogP contribution < -0.4 is 5.84 Å². The van der Waals surface area contributed by atoms with E-state index in [0.717, 1.165) is 0 Å². The fourth-order valence-corrected chi connectivity index (χ4v) is 3.42. The molecule has 0 unspecified atom stereocenters. The normalized spacial score (nSPS) is 10.8. The molecule has 0 saturated heterocycles. The number of benzene rings is 1. The number of hydrogen-bond donors (Lipinski definition) is 1. The Labute approximate surface area is 157 Å². The van der Waals surface area contributed by atoms with Gasteiger partial charge in [0.15, 0.2) is 5.82 Å². The summed E-state index contributed by atoms with van der Waals surface area (Å²) >= 11 is 13.4. The minimum absolute atomic E-state index is 0.152. The number of carbonyl (C=O) groups excluding carboxylic acids is 1. The van der Waals surface area contributed by atoms with Crippen molar-refractivity contribution >= 4 is 40.9 Å². The van der Waals surface area contributed by atoms with Gasteiger partial charge in [-0.25, -0.2) is 9.47 Å². The molecular formula is C15H12Cl2N4O3S. The second-order valence-electron chi connectivity index (χ2n) is 4.86. The lowest BCUT2D eigenvalue weighted by atomic mass is 10.2. The number of aromatic nitrogens is 3. The number of nitrogen functional groups attached to an aromatic ring is 1. The first-order chi connectivity index (χ1) is 12.0. The Bertz CT molecular complexity index is 925. The van der Waals surface area contributed by atoms with Crippen molar-refractivity contribution < 1.29 is 13.9 Å². The molecule has 25 heavy (non-hydrogen) atoms. The topological polar surface area (TPSA) is 96.2 Å². The third kappa shape index (κ3) is 3.60. The molecule has 0 aliphatic rings. The van der Waals surface area contributed by atoms with E-state index in [2.05, 4.69) is 14.9 Å². The third-order valence-electron chi connectivity index (χ3n) is 3.31. The molecule has 2 heterocycles. The van der Waals surface area contributed by atoms with Crippen molar-refractivity contribution in [3.05, 3.63) is 51.9 Å². The van der Waals surface area contributed by atoms with E-state index < -0.39 is 5.97 Å². The molecular weight excluding hydrogens is 387 g/mol. The molecule has 0 spiro atoms. The summed E-state index contributed by atoms with van der Waals surface area (Å²) in [4.78, 5) is 11.6. The van der Waals surface area contributed by atoms with Crippen LogP contribution in [0.1, 0.15) is 16.1 Å². The van der Waals surface area contributed by atoms with Crippen LogP contribution in [-0.4, -0.2) is 28.0 Å². The minimum Gasteiger partial charge on any atom is -0.463 e. The Morgan fingerprint density at radius 1 is 1.36 bits per heavy atom. The van der Waals surface area contributed by atoms with Gasteiger partial charge in [0.25, 0.3) is 0 Å². The Kier molecular flexibility index (Phi) is 5.22. The zero-order valence-electron chi connectivity index (χ0n) is 12.9. The number of furan rings is 1. The third-order valence-corrected chi connectivity index (χ3v) is 4.85. The largest absolute Gasteiger partial charge is 0.463 e. The second kappa shape index (κ2) is 7.38. The number of rotatable bonds is 5.